The van der Waals surface area contributed by atoms with Crippen LogP contribution in [0.1, 0.15) is 23.2 Å². The Morgan fingerprint density at radius 1 is 1.32 bits per heavy atom. The van der Waals surface area contributed by atoms with Gasteiger partial charge < -0.3 is 5.32 Å². The van der Waals surface area contributed by atoms with Crippen molar-refractivity contribution >= 4 is 42.6 Å². The lowest BCUT2D eigenvalue weighted by molar-refractivity contribution is 0.0945. The smallest absolute Gasteiger partial charge is 0.251 e. The van der Waals surface area contributed by atoms with Crippen LogP contribution in [-0.4, -0.2) is 32.1 Å². The van der Waals surface area contributed by atoms with Gasteiger partial charge in [0.1, 0.15) is 0 Å². The number of carbonyl (C=O) groups is 1. The second-order valence-corrected chi connectivity index (χ2v) is 9.61. The van der Waals surface area contributed by atoms with E-state index in [0.717, 1.165) is 17.4 Å². The zero-order valence-electron chi connectivity index (χ0n) is 13.7. The molecule has 1 heterocycles. The Labute approximate surface area is 150 Å². The van der Waals surface area contributed by atoms with Crippen molar-refractivity contribution in [3.63, 3.8) is 0 Å². The highest BCUT2D eigenvalue weighted by atomic mass is 32.2. The van der Waals surface area contributed by atoms with Gasteiger partial charge in [0.25, 0.3) is 5.91 Å². The summed E-state index contributed by atoms with van der Waals surface area (Å²) < 4.78 is 25.8. The molecule has 2 aromatic rings. The Bertz CT molecular complexity index is 965. The van der Waals surface area contributed by atoms with Gasteiger partial charge in [0.15, 0.2) is 5.13 Å². The van der Waals surface area contributed by atoms with Crippen molar-refractivity contribution < 1.29 is 13.2 Å². The first-order valence-electron chi connectivity index (χ1n) is 8.22. The molecule has 0 unspecified atom stereocenters. The van der Waals surface area contributed by atoms with Gasteiger partial charge >= 0.3 is 0 Å². The van der Waals surface area contributed by atoms with Crippen LogP contribution in [0.25, 0.3) is 10.2 Å². The van der Waals surface area contributed by atoms with Crippen molar-refractivity contribution in [1.82, 2.24) is 10.3 Å². The molecule has 8 heteroatoms. The van der Waals surface area contributed by atoms with Gasteiger partial charge in [-0.15, -0.1) is 0 Å². The molecule has 6 nitrogen and oxygen atoms in total. The number of rotatable bonds is 5. The first kappa shape index (κ1) is 16.5. The molecule has 0 spiro atoms. The minimum Gasteiger partial charge on any atom is -0.352 e. The summed E-state index contributed by atoms with van der Waals surface area (Å²) in [4.78, 5) is 16.7. The molecule has 4 rings (SSSR count). The number of amides is 1. The van der Waals surface area contributed by atoms with Crippen molar-refractivity contribution in [2.75, 3.05) is 17.5 Å². The first-order valence-corrected chi connectivity index (χ1v) is 10.9. The summed E-state index contributed by atoms with van der Waals surface area (Å²) in [5.41, 5.74) is 1.24. The third kappa shape index (κ3) is 3.55. The van der Waals surface area contributed by atoms with Crippen LogP contribution in [0.2, 0.25) is 0 Å². The molecule has 1 aromatic carbocycles. The molecule has 1 saturated carbocycles. The minimum atomic E-state index is -3.36. The average molecular weight is 377 g/mol. The Morgan fingerprint density at radius 2 is 2.16 bits per heavy atom. The maximum atomic E-state index is 12.4. The van der Waals surface area contributed by atoms with Gasteiger partial charge in [-0.2, -0.15) is 0 Å². The second-order valence-electron chi connectivity index (χ2n) is 6.83. The molecule has 132 valence electrons. The standard InChI is InChI=1S/C17H19N3O3S2/c1-25(22,23)20-17-19-14-5-4-12(8-15(14)24-17)16(21)18-9-13-7-10-2-3-11(13)6-10/h2-5,8,10-11,13H,6-7,9H2,1H3,(H,18,21)(H,19,20)/t10-,11+,13+/m1/s1. The molecule has 2 bridgehead atoms. The normalized spacial score (nSPS) is 24.8. The largest absolute Gasteiger partial charge is 0.352 e. The molecular weight excluding hydrogens is 358 g/mol. The molecule has 0 saturated heterocycles. The van der Waals surface area contributed by atoms with Crippen molar-refractivity contribution in [3.05, 3.63) is 35.9 Å². The van der Waals surface area contributed by atoms with E-state index in [1.165, 1.54) is 17.8 Å². The predicted molar refractivity (Wildman–Crippen MR) is 99.3 cm³/mol. The molecule has 2 N–H and O–H groups in total. The first-order chi connectivity index (χ1) is 11.9. The Morgan fingerprint density at radius 3 is 2.84 bits per heavy atom. The fourth-order valence-electron chi connectivity index (χ4n) is 3.72. The summed E-state index contributed by atoms with van der Waals surface area (Å²) in [7, 11) is -3.36. The van der Waals surface area contributed by atoms with Crippen LogP contribution in [0.4, 0.5) is 5.13 Å². The van der Waals surface area contributed by atoms with Crippen molar-refractivity contribution in [3.8, 4) is 0 Å². The molecule has 3 atom stereocenters. The van der Waals surface area contributed by atoms with Crippen molar-refractivity contribution in [2.24, 2.45) is 17.8 Å². The lowest BCUT2D eigenvalue weighted by Gasteiger charge is -2.18. The predicted octanol–water partition coefficient (Wildman–Crippen LogP) is 2.61. The SMILES string of the molecule is CS(=O)(=O)Nc1nc2ccc(C(=O)NC[C@@H]3C[C@@H]4C=C[C@H]3C4)cc2s1. The summed E-state index contributed by atoms with van der Waals surface area (Å²) in [5.74, 6) is 1.75. The summed E-state index contributed by atoms with van der Waals surface area (Å²) >= 11 is 1.22. The van der Waals surface area contributed by atoms with E-state index in [1.807, 2.05) is 0 Å². The van der Waals surface area contributed by atoms with Crippen LogP contribution in [0.5, 0.6) is 0 Å². The van der Waals surface area contributed by atoms with Gasteiger partial charge in [-0.05, 0) is 48.8 Å². The number of benzene rings is 1. The number of fused-ring (bicyclic) bond motifs is 3. The second kappa shape index (κ2) is 6.10. The molecule has 0 radical (unpaired) electrons. The van der Waals surface area contributed by atoms with Crippen LogP contribution in [-0.2, 0) is 10.0 Å². The Kier molecular flexibility index (Phi) is 4.04. The molecule has 2 aliphatic carbocycles. The third-order valence-electron chi connectivity index (χ3n) is 4.86. The number of anilines is 1. The number of aromatic nitrogens is 1. The van der Waals surface area contributed by atoms with E-state index in [-0.39, 0.29) is 5.91 Å². The van der Waals surface area contributed by atoms with E-state index in [4.69, 9.17) is 0 Å². The van der Waals surface area contributed by atoms with Crippen LogP contribution in [0.15, 0.2) is 30.4 Å². The molecule has 0 aliphatic heterocycles. The number of hydrogen-bond donors (Lipinski definition) is 2. The number of carbonyl (C=O) groups excluding carboxylic acids is 1. The number of thiazole rings is 1. The van der Waals surface area contributed by atoms with E-state index in [1.54, 1.807) is 18.2 Å². The van der Waals surface area contributed by atoms with Crippen LogP contribution >= 0.6 is 11.3 Å². The number of allylic oxidation sites excluding steroid dienone is 2. The van der Waals surface area contributed by atoms with Crippen LogP contribution in [0.3, 0.4) is 0 Å². The average Bonchev–Trinajstić information content (AvgIpc) is 3.24. The maximum absolute atomic E-state index is 12.4. The van der Waals surface area contributed by atoms with Gasteiger partial charge in [-0.1, -0.05) is 23.5 Å². The molecule has 1 aromatic heterocycles. The highest BCUT2D eigenvalue weighted by Crippen LogP contribution is 2.43. The fourth-order valence-corrected chi connectivity index (χ4v) is 5.46. The van der Waals surface area contributed by atoms with Crippen molar-refractivity contribution in [1.29, 1.82) is 0 Å². The Balaban J connectivity index is 1.45. The van der Waals surface area contributed by atoms with Crippen LogP contribution < -0.4 is 10.0 Å². The van der Waals surface area contributed by atoms with E-state index >= 15 is 0 Å². The number of sulfonamides is 1. The van der Waals surface area contributed by atoms with Crippen LogP contribution in [0, 0.1) is 17.8 Å². The van der Waals surface area contributed by atoms with Gasteiger partial charge in [-0.25, -0.2) is 13.4 Å². The van der Waals surface area contributed by atoms with E-state index in [2.05, 4.69) is 27.2 Å². The zero-order valence-corrected chi connectivity index (χ0v) is 15.4. The van der Waals surface area contributed by atoms with Gasteiger partial charge in [0.2, 0.25) is 10.0 Å². The summed E-state index contributed by atoms with van der Waals surface area (Å²) in [6, 6.07) is 5.23. The summed E-state index contributed by atoms with van der Waals surface area (Å²) in [6.07, 6.45) is 8.05. The maximum Gasteiger partial charge on any atom is 0.251 e. The highest BCUT2D eigenvalue weighted by molar-refractivity contribution is 7.92. The van der Waals surface area contributed by atoms with Gasteiger partial charge in [-0.3, -0.25) is 9.52 Å². The van der Waals surface area contributed by atoms with E-state index in [9.17, 15) is 13.2 Å². The molecule has 1 amide bonds. The molecule has 1 fully saturated rings. The van der Waals surface area contributed by atoms with Gasteiger partial charge in [0, 0.05) is 12.1 Å². The van der Waals surface area contributed by atoms with E-state index in [0.29, 0.717) is 40.5 Å². The number of hydrogen-bond acceptors (Lipinski definition) is 5. The summed E-state index contributed by atoms with van der Waals surface area (Å²) in [6.45, 7) is 0.700. The number of nitrogens with zero attached hydrogens (tertiary/aromatic N) is 1. The fraction of sp³-hybridized carbons (Fsp3) is 0.412. The lowest BCUT2D eigenvalue weighted by Crippen LogP contribution is -2.30. The monoisotopic (exact) mass is 377 g/mol. The van der Waals surface area contributed by atoms with E-state index < -0.39 is 10.0 Å². The van der Waals surface area contributed by atoms with Crippen molar-refractivity contribution in [2.45, 2.75) is 12.8 Å². The highest BCUT2D eigenvalue weighted by Gasteiger charge is 2.35. The lowest BCUT2D eigenvalue weighted by atomic mass is 9.93. The Hall–Kier alpha value is -1.93. The molecular formula is C17H19N3O3S2. The van der Waals surface area contributed by atoms with Gasteiger partial charge in [0.05, 0.1) is 16.5 Å². The number of nitrogens with one attached hydrogen (secondary N) is 2. The topological polar surface area (TPSA) is 88.2 Å². The third-order valence-corrected chi connectivity index (χ3v) is 6.49. The minimum absolute atomic E-state index is 0.0975. The molecule has 25 heavy (non-hydrogen) atoms. The zero-order chi connectivity index (χ0) is 17.6. The summed E-state index contributed by atoms with van der Waals surface area (Å²) in [5, 5.41) is 3.34. The quantitative estimate of drug-likeness (QED) is 0.784. The molecule has 2 aliphatic rings.